The Kier molecular flexibility index (Phi) is 5.96. The molecule has 0 aliphatic carbocycles. The molecule has 0 aromatic rings. The van der Waals surface area contributed by atoms with E-state index in [9.17, 15) is 13.2 Å². The first-order valence-electron chi connectivity index (χ1n) is 5.46. The molecule has 0 aliphatic heterocycles. The van der Waals surface area contributed by atoms with E-state index < -0.39 is 9.84 Å². The average molecular weight is 250 g/mol. The molecule has 0 spiro atoms. The van der Waals surface area contributed by atoms with E-state index in [-0.39, 0.29) is 23.6 Å². The van der Waals surface area contributed by atoms with Crippen molar-refractivity contribution in [3.8, 4) is 0 Å². The molecule has 5 nitrogen and oxygen atoms in total. The van der Waals surface area contributed by atoms with Crippen molar-refractivity contribution in [1.82, 2.24) is 5.32 Å². The van der Waals surface area contributed by atoms with E-state index >= 15 is 0 Å². The fourth-order valence-corrected chi connectivity index (χ4v) is 1.70. The number of nitrogens with one attached hydrogen (secondary N) is 1. The highest BCUT2D eigenvalue weighted by Crippen LogP contribution is 2.09. The molecule has 0 saturated carbocycles. The maximum Gasteiger partial charge on any atom is 0.221 e. The average Bonchev–Trinajstić information content (AvgIpc) is 2.22. The van der Waals surface area contributed by atoms with E-state index in [1.54, 1.807) is 0 Å². The minimum atomic E-state index is -3.08. The van der Waals surface area contributed by atoms with E-state index in [1.807, 2.05) is 13.8 Å². The van der Waals surface area contributed by atoms with E-state index in [0.29, 0.717) is 6.54 Å². The van der Waals surface area contributed by atoms with Crippen LogP contribution in [0.5, 0.6) is 0 Å². The van der Waals surface area contributed by atoms with Gasteiger partial charge in [-0.15, -0.1) is 0 Å². The minimum absolute atomic E-state index is 0.00232. The topological polar surface area (TPSA) is 89.3 Å². The number of sulfone groups is 1. The van der Waals surface area contributed by atoms with Crippen LogP contribution in [0.1, 0.15) is 33.1 Å². The van der Waals surface area contributed by atoms with Crippen LogP contribution in [0.25, 0.3) is 0 Å². The quantitative estimate of drug-likeness (QED) is 0.668. The highest BCUT2D eigenvalue weighted by Gasteiger charge is 2.20. The van der Waals surface area contributed by atoms with Crippen molar-refractivity contribution in [1.29, 1.82) is 0 Å². The number of hydrogen-bond acceptors (Lipinski definition) is 4. The number of carbonyl (C=O) groups is 1. The molecule has 0 bridgehead atoms. The zero-order chi connectivity index (χ0) is 12.8. The molecule has 96 valence electrons. The molecule has 0 saturated heterocycles. The summed E-state index contributed by atoms with van der Waals surface area (Å²) in [5, 5.41) is 2.67. The molecular weight excluding hydrogens is 228 g/mol. The van der Waals surface area contributed by atoms with Crippen molar-refractivity contribution in [2.45, 2.75) is 38.6 Å². The monoisotopic (exact) mass is 250 g/mol. The molecule has 0 aliphatic rings. The predicted octanol–water partition coefficient (Wildman–Crippen LogP) is 0.0548. The molecule has 0 unspecified atom stereocenters. The summed E-state index contributed by atoms with van der Waals surface area (Å²) in [6, 6.07) is 0. The second-order valence-electron chi connectivity index (χ2n) is 4.23. The van der Waals surface area contributed by atoms with E-state index in [2.05, 4.69) is 5.32 Å². The third kappa shape index (κ3) is 6.79. The Hall–Kier alpha value is -0.620. The lowest BCUT2D eigenvalue weighted by molar-refractivity contribution is -0.121. The summed E-state index contributed by atoms with van der Waals surface area (Å²) in [7, 11) is -3.08. The molecular formula is C10H22N2O3S. The predicted molar refractivity (Wildman–Crippen MR) is 64.8 cm³/mol. The first-order valence-corrected chi connectivity index (χ1v) is 7.52. The number of carbonyl (C=O) groups excluding carboxylic acids is 1. The molecule has 0 aromatic heterocycles. The molecule has 0 aromatic carbocycles. The highest BCUT2D eigenvalue weighted by molar-refractivity contribution is 7.90. The Morgan fingerprint density at radius 2 is 1.81 bits per heavy atom. The van der Waals surface area contributed by atoms with Gasteiger partial charge in [0.15, 0.2) is 0 Å². The van der Waals surface area contributed by atoms with Gasteiger partial charge in [-0.25, -0.2) is 8.42 Å². The van der Waals surface area contributed by atoms with Crippen LogP contribution < -0.4 is 11.1 Å². The van der Waals surface area contributed by atoms with Crippen LogP contribution >= 0.6 is 0 Å². The van der Waals surface area contributed by atoms with Crippen LogP contribution in [0, 0.1) is 0 Å². The number of hydrogen-bond donors (Lipinski definition) is 2. The zero-order valence-corrected chi connectivity index (χ0v) is 11.1. The van der Waals surface area contributed by atoms with Gasteiger partial charge in [0.25, 0.3) is 0 Å². The summed E-state index contributed by atoms with van der Waals surface area (Å²) in [6.45, 7) is 4.32. The second kappa shape index (κ2) is 6.20. The minimum Gasteiger partial charge on any atom is -0.354 e. The van der Waals surface area contributed by atoms with E-state index in [1.165, 1.54) is 0 Å². The molecule has 0 heterocycles. The third-order valence-corrected chi connectivity index (χ3v) is 3.69. The summed E-state index contributed by atoms with van der Waals surface area (Å²) >= 11 is 0. The molecule has 1 amide bonds. The van der Waals surface area contributed by atoms with Gasteiger partial charge in [0.05, 0.1) is 5.75 Å². The Balaban J connectivity index is 3.99. The lowest BCUT2D eigenvalue weighted by Gasteiger charge is -2.26. The second-order valence-corrected chi connectivity index (χ2v) is 6.49. The van der Waals surface area contributed by atoms with E-state index in [0.717, 1.165) is 19.1 Å². The van der Waals surface area contributed by atoms with Gasteiger partial charge < -0.3 is 11.1 Å². The van der Waals surface area contributed by atoms with Gasteiger partial charge in [-0.1, -0.05) is 13.8 Å². The Labute approximate surface area is 97.7 Å². The maximum absolute atomic E-state index is 11.3. The van der Waals surface area contributed by atoms with Crippen molar-refractivity contribution in [2.24, 2.45) is 5.73 Å². The molecule has 6 heteroatoms. The zero-order valence-electron chi connectivity index (χ0n) is 10.2. The standard InChI is InChI=1S/C10H22N2O3S/c1-4-10(11,5-2)8-12-9(13)6-7-16(3,14)15/h4-8,11H2,1-3H3,(H,12,13). The lowest BCUT2D eigenvalue weighted by atomic mass is 9.94. The molecule has 0 fully saturated rings. The van der Waals surface area contributed by atoms with Crippen molar-refractivity contribution >= 4 is 15.7 Å². The molecule has 0 rings (SSSR count). The van der Waals surface area contributed by atoms with Crippen LogP contribution in [0.4, 0.5) is 0 Å². The van der Waals surface area contributed by atoms with Crippen molar-refractivity contribution in [3.63, 3.8) is 0 Å². The van der Waals surface area contributed by atoms with Gasteiger partial charge in [0.1, 0.15) is 9.84 Å². The van der Waals surface area contributed by atoms with Crippen LogP contribution in [-0.4, -0.2) is 38.4 Å². The normalized spacial score (nSPS) is 12.5. The maximum atomic E-state index is 11.3. The van der Waals surface area contributed by atoms with Gasteiger partial charge in [-0.05, 0) is 12.8 Å². The smallest absolute Gasteiger partial charge is 0.221 e. The van der Waals surface area contributed by atoms with Crippen molar-refractivity contribution in [2.75, 3.05) is 18.6 Å². The summed E-state index contributed by atoms with van der Waals surface area (Å²) in [5.74, 6) is -0.378. The Morgan fingerprint density at radius 1 is 1.31 bits per heavy atom. The van der Waals surface area contributed by atoms with Crippen LogP contribution in [0.15, 0.2) is 0 Å². The SMILES string of the molecule is CCC(N)(CC)CNC(=O)CCS(C)(=O)=O. The number of amides is 1. The molecule has 0 radical (unpaired) electrons. The molecule has 16 heavy (non-hydrogen) atoms. The van der Waals surface area contributed by atoms with Gasteiger partial charge >= 0.3 is 0 Å². The van der Waals surface area contributed by atoms with Gasteiger partial charge in [0.2, 0.25) is 5.91 Å². The first kappa shape index (κ1) is 15.4. The first-order chi connectivity index (χ1) is 7.22. The van der Waals surface area contributed by atoms with Crippen LogP contribution in [0.2, 0.25) is 0 Å². The number of nitrogens with two attached hydrogens (primary N) is 1. The fourth-order valence-electron chi connectivity index (χ4n) is 1.14. The van der Waals surface area contributed by atoms with Crippen molar-refractivity contribution < 1.29 is 13.2 Å². The Bertz CT molecular complexity index is 321. The molecule has 0 atom stereocenters. The Morgan fingerprint density at radius 3 is 2.19 bits per heavy atom. The third-order valence-electron chi connectivity index (χ3n) is 2.75. The lowest BCUT2D eigenvalue weighted by Crippen LogP contribution is -2.49. The van der Waals surface area contributed by atoms with Crippen LogP contribution in [-0.2, 0) is 14.6 Å². The summed E-state index contributed by atoms with van der Waals surface area (Å²) in [4.78, 5) is 11.3. The molecule has 3 N–H and O–H groups in total. The van der Waals surface area contributed by atoms with Crippen molar-refractivity contribution in [3.05, 3.63) is 0 Å². The summed E-state index contributed by atoms with van der Waals surface area (Å²) in [6.07, 6.45) is 2.67. The van der Waals surface area contributed by atoms with Gasteiger partial charge in [-0.3, -0.25) is 4.79 Å². The summed E-state index contributed by atoms with van der Waals surface area (Å²) in [5.41, 5.74) is 5.61. The van der Waals surface area contributed by atoms with Gasteiger partial charge in [0, 0.05) is 24.8 Å². The number of rotatable bonds is 7. The van der Waals surface area contributed by atoms with Gasteiger partial charge in [-0.2, -0.15) is 0 Å². The largest absolute Gasteiger partial charge is 0.354 e. The highest BCUT2D eigenvalue weighted by atomic mass is 32.2. The van der Waals surface area contributed by atoms with E-state index in [4.69, 9.17) is 5.73 Å². The fraction of sp³-hybridized carbons (Fsp3) is 0.900. The van der Waals surface area contributed by atoms with Crippen LogP contribution in [0.3, 0.4) is 0 Å². The summed E-state index contributed by atoms with van der Waals surface area (Å²) < 4.78 is 21.7.